The Hall–Kier alpha value is -1.89. The molecule has 1 unspecified atom stereocenters. The van der Waals surface area contributed by atoms with Crippen molar-refractivity contribution in [1.82, 2.24) is 0 Å². The second kappa shape index (κ2) is 6.91. The first-order valence-corrected chi connectivity index (χ1v) is 8.57. The van der Waals surface area contributed by atoms with Gasteiger partial charge in [0.1, 0.15) is 11.4 Å². The number of carbonyl (C=O) groups excluding carboxylic acids is 1. The quantitative estimate of drug-likeness (QED) is 0.917. The summed E-state index contributed by atoms with van der Waals surface area (Å²) in [4.78, 5) is 22.7. The molecule has 1 amide bonds. The van der Waals surface area contributed by atoms with Crippen LogP contribution in [0.1, 0.15) is 31.9 Å². The van der Waals surface area contributed by atoms with Crippen molar-refractivity contribution in [1.29, 1.82) is 0 Å². The fourth-order valence-corrected chi connectivity index (χ4v) is 3.31. The molecule has 6 nitrogen and oxygen atoms in total. The number of carboxylic acid groups (broad SMARTS) is 1. The maximum Gasteiger partial charge on any atom is 0.442 e. The number of carbonyl (C=O) groups is 2. The number of rotatable bonds is 4. The molecule has 1 rings (SSSR count). The van der Waals surface area contributed by atoms with Gasteiger partial charge in [-0.15, -0.1) is 4.36 Å². The molecule has 1 atom stereocenters. The molecule has 22 heavy (non-hydrogen) atoms. The summed E-state index contributed by atoms with van der Waals surface area (Å²) in [5.41, 5.74) is 0.898. The normalized spacial score (nSPS) is 14.0. The van der Waals surface area contributed by atoms with Gasteiger partial charge in [-0.1, -0.05) is 29.8 Å². The lowest BCUT2D eigenvalue weighted by molar-refractivity contribution is -0.134. The predicted molar refractivity (Wildman–Crippen MR) is 84.2 cm³/mol. The number of aryl methyl sites for hydroxylation is 1. The van der Waals surface area contributed by atoms with E-state index in [0.29, 0.717) is 5.56 Å². The fourth-order valence-electron chi connectivity index (χ4n) is 1.67. The third kappa shape index (κ3) is 6.71. The number of carboxylic acids is 1. The monoisotopic (exact) mass is 327 g/mol. The highest BCUT2D eigenvalue weighted by molar-refractivity contribution is 7.93. The predicted octanol–water partition coefficient (Wildman–Crippen LogP) is 2.98. The maximum atomic E-state index is 12.7. The summed E-state index contributed by atoms with van der Waals surface area (Å²) in [7, 11) is -3.27. The maximum absolute atomic E-state index is 12.7. The Balaban J connectivity index is 3.08. The van der Waals surface area contributed by atoms with Crippen molar-refractivity contribution in [3.05, 3.63) is 35.4 Å². The summed E-state index contributed by atoms with van der Waals surface area (Å²) in [6.07, 6.45) is -1.01. The van der Waals surface area contributed by atoms with E-state index < -0.39 is 33.1 Å². The average Bonchev–Trinajstić information content (AvgIpc) is 2.27. The van der Waals surface area contributed by atoms with Crippen LogP contribution in [0.3, 0.4) is 0 Å². The molecule has 0 spiro atoms. The first-order valence-electron chi connectivity index (χ1n) is 6.72. The van der Waals surface area contributed by atoms with Gasteiger partial charge < -0.3 is 9.84 Å². The average molecular weight is 327 g/mol. The van der Waals surface area contributed by atoms with E-state index in [-0.39, 0.29) is 5.75 Å². The van der Waals surface area contributed by atoms with Gasteiger partial charge in [-0.05, 0) is 33.3 Å². The molecule has 0 saturated heterocycles. The van der Waals surface area contributed by atoms with Crippen LogP contribution in [-0.2, 0) is 25.0 Å². The molecule has 7 heteroatoms. The second-order valence-corrected chi connectivity index (χ2v) is 8.32. The van der Waals surface area contributed by atoms with Gasteiger partial charge in [0, 0.05) is 0 Å². The molecule has 0 aliphatic carbocycles. The lowest BCUT2D eigenvalue weighted by Gasteiger charge is -2.18. The van der Waals surface area contributed by atoms with E-state index in [1.54, 1.807) is 32.9 Å². The summed E-state index contributed by atoms with van der Waals surface area (Å²) >= 11 is 0. The van der Waals surface area contributed by atoms with Crippen molar-refractivity contribution in [3.63, 3.8) is 0 Å². The van der Waals surface area contributed by atoms with Crippen LogP contribution < -0.4 is 0 Å². The first kappa shape index (κ1) is 18.2. The van der Waals surface area contributed by atoms with Crippen LogP contribution in [0.5, 0.6) is 0 Å². The lowest BCUT2D eigenvalue weighted by atomic mass is 10.2. The molecule has 0 aromatic heterocycles. The van der Waals surface area contributed by atoms with E-state index in [4.69, 9.17) is 9.84 Å². The van der Waals surface area contributed by atoms with Gasteiger partial charge >= 0.3 is 12.1 Å². The van der Waals surface area contributed by atoms with E-state index >= 15 is 0 Å². The van der Waals surface area contributed by atoms with Gasteiger partial charge in [0.2, 0.25) is 0 Å². The van der Waals surface area contributed by atoms with E-state index in [1.165, 1.54) is 0 Å². The molecule has 0 fully saturated rings. The molecule has 122 valence electrons. The molecular weight excluding hydrogens is 306 g/mol. The highest BCUT2D eigenvalue weighted by atomic mass is 32.2. The molecule has 0 aliphatic heterocycles. The number of amides is 1. The number of ether oxygens (including phenoxy) is 1. The zero-order valence-corrected chi connectivity index (χ0v) is 14.0. The minimum atomic E-state index is -3.27. The standard InChI is InChI=1S/C15H21NO5S/c1-11-5-7-12(8-6-11)9-22(20,10-13(17)18)16-14(19)21-15(2,3)4/h5-8H,9-10H2,1-4H3,(H,17,18). The van der Waals surface area contributed by atoms with E-state index in [9.17, 15) is 13.8 Å². The van der Waals surface area contributed by atoms with Crippen LogP contribution in [0.2, 0.25) is 0 Å². The first-order chi connectivity index (χ1) is 9.99. The third-order valence-corrected chi connectivity index (χ3v) is 4.46. The van der Waals surface area contributed by atoms with Gasteiger partial charge in [0.15, 0.2) is 0 Å². The fraction of sp³-hybridized carbons (Fsp3) is 0.467. The summed E-state index contributed by atoms with van der Waals surface area (Å²) < 4.78 is 21.2. The van der Waals surface area contributed by atoms with Crippen molar-refractivity contribution < 1.29 is 23.6 Å². The summed E-state index contributed by atoms with van der Waals surface area (Å²) in [6, 6.07) is 7.12. The Kier molecular flexibility index (Phi) is 5.71. The van der Waals surface area contributed by atoms with Crippen LogP contribution in [0.4, 0.5) is 4.79 Å². The molecule has 0 saturated carbocycles. The van der Waals surface area contributed by atoms with Gasteiger partial charge in [0.05, 0.1) is 15.5 Å². The van der Waals surface area contributed by atoms with Crippen molar-refractivity contribution in [3.8, 4) is 0 Å². The van der Waals surface area contributed by atoms with E-state index in [2.05, 4.69) is 4.36 Å². The Morgan fingerprint density at radius 2 is 1.77 bits per heavy atom. The minimum Gasteiger partial charge on any atom is -0.481 e. The molecular formula is C15H21NO5S. The summed E-state index contributed by atoms with van der Waals surface area (Å²) in [5.74, 6) is -2.09. The molecule has 1 aromatic carbocycles. The zero-order valence-electron chi connectivity index (χ0n) is 13.2. The van der Waals surface area contributed by atoms with E-state index in [0.717, 1.165) is 5.56 Å². The van der Waals surface area contributed by atoms with Crippen LogP contribution >= 0.6 is 0 Å². The van der Waals surface area contributed by atoms with Gasteiger partial charge in [0.25, 0.3) is 0 Å². The van der Waals surface area contributed by atoms with Crippen LogP contribution in [0, 0.1) is 6.92 Å². The molecule has 0 bridgehead atoms. The summed E-state index contributed by atoms with van der Waals surface area (Å²) in [5, 5.41) is 8.93. The van der Waals surface area contributed by atoms with Crippen molar-refractivity contribution in [2.45, 2.75) is 39.0 Å². The second-order valence-electron chi connectivity index (χ2n) is 6.01. The number of hydrogen-bond donors (Lipinski definition) is 1. The van der Waals surface area contributed by atoms with Gasteiger partial charge in [-0.25, -0.2) is 9.00 Å². The molecule has 0 aliphatic rings. The van der Waals surface area contributed by atoms with Crippen LogP contribution in [0.25, 0.3) is 0 Å². The van der Waals surface area contributed by atoms with E-state index in [1.807, 2.05) is 19.1 Å². The SMILES string of the molecule is Cc1ccc(CS(=O)(CC(=O)O)=NC(=O)OC(C)(C)C)cc1. The van der Waals surface area contributed by atoms with Gasteiger partial charge in [-0.3, -0.25) is 4.79 Å². The molecule has 0 radical (unpaired) electrons. The number of hydrogen-bond acceptors (Lipinski definition) is 4. The Bertz CT molecular complexity index is 664. The van der Waals surface area contributed by atoms with Crippen molar-refractivity contribution in [2.24, 2.45) is 4.36 Å². The molecule has 1 N–H and O–H groups in total. The Morgan fingerprint density at radius 3 is 2.23 bits per heavy atom. The smallest absolute Gasteiger partial charge is 0.442 e. The van der Waals surface area contributed by atoms with Crippen molar-refractivity contribution in [2.75, 3.05) is 5.75 Å². The highest BCUT2D eigenvalue weighted by Crippen LogP contribution is 2.14. The lowest BCUT2D eigenvalue weighted by Crippen LogP contribution is -2.24. The summed E-state index contributed by atoms with van der Waals surface area (Å²) in [6.45, 7) is 6.86. The van der Waals surface area contributed by atoms with Crippen LogP contribution in [-0.4, -0.2) is 32.7 Å². The van der Waals surface area contributed by atoms with Gasteiger partial charge in [-0.2, -0.15) is 0 Å². The molecule has 1 aromatic rings. The van der Waals surface area contributed by atoms with Crippen molar-refractivity contribution >= 4 is 21.8 Å². The number of benzene rings is 1. The number of nitrogens with zero attached hydrogens (tertiary/aromatic N) is 1. The Morgan fingerprint density at radius 1 is 1.23 bits per heavy atom. The topological polar surface area (TPSA) is 93.0 Å². The Labute approximate surface area is 130 Å². The number of aliphatic carboxylic acids is 1. The third-order valence-electron chi connectivity index (χ3n) is 2.50. The van der Waals surface area contributed by atoms with Crippen LogP contribution in [0.15, 0.2) is 28.6 Å². The largest absolute Gasteiger partial charge is 0.481 e. The molecule has 0 heterocycles. The highest BCUT2D eigenvalue weighted by Gasteiger charge is 2.21. The zero-order chi connectivity index (χ0) is 17.0. The minimum absolute atomic E-state index is 0.112.